The first-order valence-electron chi connectivity index (χ1n) is 8.31. The maximum atomic E-state index is 12.8. The van der Waals surface area contributed by atoms with Crippen molar-refractivity contribution in [3.8, 4) is 0 Å². The van der Waals surface area contributed by atoms with E-state index in [2.05, 4.69) is 10.3 Å². The summed E-state index contributed by atoms with van der Waals surface area (Å²) in [6, 6.07) is -1.39. The molecule has 136 valence electrons. The van der Waals surface area contributed by atoms with E-state index in [9.17, 15) is 13.2 Å². The first-order valence-corrected chi connectivity index (χ1v) is 8.31. The van der Waals surface area contributed by atoms with Gasteiger partial charge in [0, 0.05) is 52.5 Å². The molecule has 23 heavy (non-hydrogen) atoms. The van der Waals surface area contributed by atoms with Crippen LogP contribution in [0.25, 0.3) is 0 Å². The van der Waals surface area contributed by atoms with E-state index in [0.717, 1.165) is 18.9 Å². The van der Waals surface area contributed by atoms with Crippen LogP contribution in [0.1, 0.15) is 27.2 Å². The minimum atomic E-state index is -4.17. The lowest BCUT2D eigenvalue weighted by atomic mass is 10.2. The maximum absolute atomic E-state index is 12.8. The van der Waals surface area contributed by atoms with Crippen LogP contribution >= 0.6 is 0 Å². The Balaban J connectivity index is 2.48. The largest absolute Gasteiger partial charge is 0.403 e. The molecule has 1 unspecified atom stereocenters. The number of piperazine rings is 1. The van der Waals surface area contributed by atoms with E-state index in [1.165, 1.54) is 11.8 Å². The number of nitrogens with zero attached hydrogens (tertiary/aromatic N) is 3. The van der Waals surface area contributed by atoms with Gasteiger partial charge in [0.1, 0.15) is 6.04 Å². The monoisotopic (exact) mass is 338 g/mol. The molecule has 0 aromatic carbocycles. The normalized spacial score (nSPS) is 19.0. The summed E-state index contributed by atoms with van der Waals surface area (Å²) >= 11 is 0. The number of alkyl halides is 3. The second kappa shape index (κ2) is 9.97. The second-order valence-corrected chi connectivity index (χ2v) is 5.53. The number of rotatable bonds is 7. The molecule has 1 rings (SSSR count). The quantitative estimate of drug-likeness (QED) is 0.438. The van der Waals surface area contributed by atoms with Gasteiger partial charge < -0.3 is 15.0 Å². The van der Waals surface area contributed by atoms with Gasteiger partial charge in [-0.3, -0.25) is 9.89 Å². The molecule has 1 fully saturated rings. The molecule has 0 aromatic rings. The average molecular weight is 338 g/mol. The zero-order chi connectivity index (χ0) is 17.3. The number of nitrogens with one attached hydrogen (secondary N) is 1. The van der Waals surface area contributed by atoms with E-state index >= 15 is 0 Å². The molecule has 5 nitrogen and oxygen atoms in total. The summed E-state index contributed by atoms with van der Waals surface area (Å²) in [7, 11) is 0. The van der Waals surface area contributed by atoms with E-state index in [1.54, 1.807) is 0 Å². The molecule has 0 amide bonds. The lowest BCUT2D eigenvalue weighted by molar-refractivity contribution is -0.181. The lowest BCUT2D eigenvalue weighted by Gasteiger charge is -2.39. The third-order valence-corrected chi connectivity index (χ3v) is 3.88. The van der Waals surface area contributed by atoms with Crippen molar-refractivity contribution in [1.29, 1.82) is 0 Å². The van der Waals surface area contributed by atoms with Crippen molar-refractivity contribution >= 4 is 5.96 Å². The van der Waals surface area contributed by atoms with Crippen LogP contribution in [0.2, 0.25) is 0 Å². The van der Waals surface area contributed by atoms with Crippen LogP contribution in [0.15, 0.2) is 4.99 Å². The molecule has 1 atom stereocenters. The number of hydrogen-bond donors (Lipinski definition) is 1. The summed E-state index contributed by atoms with van der Waals surface area (Å²) < 4.78 is 43.6. The van der Waals surface area contributed by atoms with E-state index in [0.29, 0.717) is 45.9 Å². The fourth-order valence-electron chi connectivity index (χ4n) is 2.45. The van der Waals surface area contributed by atoms with E-state index in [-0.39, 0.29) is 0 Å². The van der Waals surface area contributed by atoms with Crippen LogP contribution in [0.4, 0.5) is 13.2 Å². The van der Waals surface area contributed by atoms with Gasteiger partial charge in [-0.05, 0) is 27.2 Å². The molecule has 0 aromatic heterocycles. The molecule has 1 heterocycles. The number of halogens is 3. The zero-order valence-corrected chi connectivity index (χ0v) is 14.3. The zero-order valence-electron chi connectivity index (χ0n) is 14.3. The third kappa shape index (κ3) is 6.95. The van der Waals surface area contributed by atoms with Gasteiger partial charge in [-0.1, -0.05) is 0 Å². The minimum absolute atomic E-state index is 0.393. The first-order chi connectivity index (χ1) is 10.9. The van der Waals surface area contributed by atoms with Gasteiger partial charge in [0.2, 0.25) is 0 Å². The molecule has 1 saturated heterocycles. The lowest BCUT2D eigenvalue weighted by Crippen LogP contribution is -2.56. The highest BCUT2D eigenvalue weighted by molar-refractivity contribution is 5.80. The molecule has 0 radical (unpaired) electrons. The van der Waals surface area contributed by atoms with Gasteiger partial charge in [0.05, 0.1) is 0 Å². The minimum Gasteiger partial charge on any atom is -0.382 e. The van der Waals surface area contributed by atoms with Crippen LogP contribution in [0, 0.1) is 0 Å². The topological polar surface area (TPSA) is 40.1 Å². The van der Waals surface area contributed by atoms with Crippen molar-refractivity contribution in [3.63, 3.8) is 0 Å². The summed E-state index contributed by atoms with van der Waals surface area (Å²) in [5, 5.41) is 3.21. The molecule has 0 spiro atoms. The summed E-state index contributed by atoms with van der Waals surface area (Å²) in [6.07, 6.45) is -3.33. The van der Waals surface area contributed by atoms with Crippen molar-refractivity contribution in [2.24, 2.45) is 4.99 Å². The van der Waals surface area contributed by atoms with E-state index in [4.69, 9.17) is 4.74 Å². The Morgan fingerprint density at radius 3 is 2.39 bits per heavy atom. The van der Waals surface area contributed by atoms with Crippen molar-refractivity contribution in [3.05, 3.63) is 0 Å². The Morgan fingerprint density at radius 2 is 1.87 bits per heavy atom. The van der Waals surface area contributed by atoms with Crippen LogP contribution < -0.4 is 5.32 Å². The molecule has 1 N–H and O–H groups in total. The summed E-state index contributed by atoms with van der Waals surface area (Å²) in [5.74, 6) is 0.781. The fraction of sp³-hybridized carbons (Fsp3) is 0.933. The summed E-state index contributed by atoms with van der Waals surface area (Å²) in [4.78, 5) is 8.05. The molecule has 0 bridgehead atoms. The van der Waals surface area contributed by atoms with Crippen LogP contribution in [-0.2, 0) is 4.74 Å². The highest BCUT2D eigenvalue weighted by Crippen LogP contribution is 2.25. The number of aliphatic imine (C=N–C) groups is 1. The van der Waals surface area contributed by atoms with Crippen molar-refractivity contribution in [2.75, 3.05) is 52.5 Å². The Morgan fingerprint density at radius 1 is 1.22 bits per heavy atom. The first kappa shape index (κ1) is 20.0. The standard InChI is InChI=1S/C15H29F3N4O/c1-4-19-14(20-7-6-12-23-5-2)22-10-8-21(9-11-22)13(3)15(16,17)18/h13H,4-12H2,1-3H3,(H,19,20). The van der Waals surface area contributed by atoms with Gasteiger partial charge >= 0.3 is 6.18 Å². The SMILES string of the molecule is CCNC(=NCCCOCC)N1CCN(C(C)C(F)(F)F)CC1. The molecule has 8 heteroatoms. The number of hydrogen-bond acceptors (Lipinski definition) is 3. The smallest absolute Gasteiger partial charge is 0.382 e. The van der Waals surface area contributed by atoms with Gasteiger partial charge in [0.25, 0.3) is 0 Å². The predicted octanol–water partition coefficient (Wildman–Crippen LogP) is 1.95. The maximum Gasteiger partial charge on any atom is 0.403 e. The Kier molecular flexibility index (Phi) is 8.68. The predicted molar refractivity (Wildman–Crippen MR) is 85.8 cm³/mol. The fourth-order valence-corrected chi connectivity index (χ4v) is 2.45. The van der Waals surface area contributed by atoms with Crippen LogP contribution in [-0.4, -0.2) is 80.5 Å². The van der Waals surface area contributed by atoms with Gasteiger partial charge in [-0.2, -0.15) is 13.2 Å². The Labute approximate surface area is 136 Å². The number of guanidine groups is 1. The van der Waals surface area contributed by atoms with Crippen LogP contribution in [0.5, 0.6) is 0 Å². The van der Waals surface area contributed by atoms with Crippen molar-refractivity contribution in [1.82, 2.24) is 15.1 Å². The van der Waals surface area contributed by atoms with Crippen molar-refractivity contribution in [2.45, 2.75) is 39.4 Å². The Hall–Kier alpha value is -1.02. The molecular formula is C15H29F3N4O. The second-order valence-electron chi connectivity index (χ2n) is 5.53. The molecule has 0 saturated carbocycles. The Bertz CT molecular complexity index is 355. The van der Waals surface area contributed by atoms with Gasteiger partial charge in [-0.25, -0.2) is 0 Å². The summed E-state index contributed by atoms with van der Waals surface area (Å²) in [6.45, 7) is 9.82. The molecule has 0 aliphatic carbocycles. The summed E-state index contributed by atoms with van der Waals surface area (Å²) in [5.41, 5.74) is 0. The molecule has 1 aliphatic heterocycles. The van der Waals surface area contributed by atoms with E-state index in [1.807, 2.05) is 18.7 Å². The average Bonchev–Trinajstić information content (AvgIpc) is 2.52. The molecule has 1 aliphatic rings. The van der Waals surface area contributed by atoms with Crippen LogP contribution in [0.3, 0.4) is 0 Å². The third-order valence-electron chi connectivity index (χ3n) is 3.88. The van der Waals surface area contributed by atoms with Gasteiger partial charge in [0.15, 0.2) is 5.96 Å². The van der Waals surface area contributed by atoms with Crippen molar-refractivity contribution < 1.29 is 17.9 Å². The van der Waals surface area contributed by atoms with Gasteiger partial charge in [-0.15, -0.1) is 0 Å². The molecular weight excluding hydrogens is 309 g/mol. The highest BCUT2D eigenvalue weighted by Gasteiger charge is 2.41. The van der Waals surface area contributed by atoms with E-state index < -0.39 is 12.2 Å². The number of ether oxygens (including phenoxy) is 1. The highest BCUT2D eigenvalue weighted by atomic mass is 19.4.